The maximum absolute atomic E-state index is 11.9. The van der Waals surface area contributed by atoms with Gasteiger partial charge in [0, 0.05) is 18.8 Å². The third kappa shape index (κ3) is 222. The lowest BCUT2D eigenvalue weighted by Gasteiger charge is -2.35. The Labute approximate surface area is 773 Å². The number of alkyl halides is 75. The first-order valence-corrected chi connectivity index (χ1v) is 35.6. The predicted molar refractivity (Wildman–Crippen MR) is 379 cm³/mol. The first-order valence-electron chi connectivity index (χ1n) is 35.6. The Hall–Kier alpha value is -5.25. The molecule has 0 nitrogen and oxygen atoms in total. The molecule has 143 heavy (non-hydrogen) atoms. The lowest BCUT2D eigenvalue weighted by atomic mass is 9.86. The third-order valence-corrected chi connectivity index (χ3v) is 9.27. The monoisotopic (exact) mass is 2350 g/mol. The fourth-order valence-corrected chi connectivity index (χ4v) is 1.39. The Morgan fingerprint density at radius 2 is 0.280 bits per heavy atom. The van der Waals surface area contributed by atoms with Gasteiger partial charge in [-0.25, -0.2) is 79.0 Å². The summed E-state index contributed by atoms with van der Waals surface area (Å²) in [5.41, 5.74) is -14.5. The molecule has 0 aromatic rings. The third-order valence-electron chi connectivity index (χ3n) is 9.27. The van der Waals surface area contributed by atoms with E-state index in [-0.39, 0.29) is 27.7 Å². The molecule has 0 N–H and O–H groups in total. The molecule has 2 unspecified atom stereocenters. The highest BCUT2D eigenvalue weighted by molar-refractivity contribution is 4.95. The summed E-state index contributed by atoms with van der Waals surface area (Å²) < 4.78 is 806. The molecule has 0 rings (SSSR count). The summed E-state index contributed by atoms with van der Waals surface area (Å²) in [6.07, 6.45) is -82.6. The van der Waals surface area contributed by atoms with Gasteiger partial charge in [-0.3, -0.25) is 0 Å². The Kier molecular flexibility index (Phi) is 154. The van der Waals surface area contributed by atoms with Crippen LogP contribution in [0.4, 0.5) is 329 Å². The number of rotatable bonds is 1. The largest absolute Gasteiger partial charge is 0.419 e. The van der Waals surface area contributed by atoms with Crippen molar-refractivity contribution in [3.8, 4) is 0 Å². The highest BCUT2D eigenvalue weighted by Crippen LogP contribution is 2.59. The van der Waals surface area contributed by atoms with Crippen molar-refractivity contribution in [2.45, 2.75) is 356 Å². The average molecular weight is 2360 g/mol. The van der Waals surface area contributed by atoms with E-state index >= 15 is 0 Å². The summed E-state index contributed by atoms with van der Waals surface area (Å²) in [6.45, 7) is 3.23. The molecule has 0 amide bonds. The van der Waals surface area contributed by atoms with E-state index in [1.165, 1.54) is 40.5 Å². The summed E-state index contributed by atoms with van der Waals surface area (Å²) in [5, 5.41) is 0. The molecule has 0 aromatic heterocycles. The van der Waals surface area contributed by atoms with E-state index < -0.39 is 252 Å². The lowest BCUT2D eigenvalue weighted by Crippen LogP contribution is -2.57. The van der Waals surface area contributed by atoms with Crippen molar-refractivity contribution in [2.24, 2.45) is 39.4 Å². The van der Waals surface area contributed by atoms with Crippen molar-refractivity contribution in [3.05, 3.63) is 0 Å². The maximum Gasteiger partial charge on any atom is 0.419 e. The van der Waals surface area contributed by atoms with Crippen molar-refractivity contribution in [2.75, 3.05) is 48.5 Å². The van der Waals surface area contributed by atoms with Crippen LogP contribution in [-0.4, -0.2) is 193 Å². The summed E-state index contributed by atoms with van der Waals surface area (Å²) >= 11 is 0. The van der Waals surface area contributed by atoms with Gasteiger partial charge in [0.2, 0.25) is 48.5 Å². The van der Waals surface area contributed by atoms with Gasteiger partial charge in [0.25, 0.3) is 5.41 Å². The van der Waals surface area contributed by atoms with E-state index in [9.17, 15) is 329 Å². The second-order valence-electron chi connectivity index (χ2n) is 25.3. The molecule has 2 atom stereocenters. The minimum absolute atomic E-state index is 0.0833. The average Bonchev–Trinajstić information content (AvgIpc) is 0.735. The van der Waals surface area contributed by atoms with E-state index in [0.29, 0.717) is 13.8 Å². The zero-order valence-electron chi connectivity index (χ0n) is 78.7. The molecular formula is C68H113F75. The van der Waals surface area contributed by atoms with Gasteiger partial charge in [0.15, 0.2) is 23.2 Å². The van der Waals surface area contributed by atoms with Crippen LogP contribution in [0.15, 0.2) is 0 Å². The molecule has 0 radical (unpaired) electrons. The van der Waals surface area contributed by atoms with Gasteiger partial charge in [-0.15, -0.1) is 0 Å². The molecule has 0 bridgehead atoms. The van der Waals surface area contributed by atoms with Gasteiger partial charge >= 0.3 is 119 Å². The Bertz CT molecular complexity index is 2030. The van der Waals surface area contributed by atoms with E-state index in [2.05, 4.69) is 48.5 Å². The van der Waals surface area contributed by atoms with Crippen LogP contribution in [-0.2, 0) is 0 Å². The Morgan fingerprint density at radius 1 is 0.189 bits per heavy atom. The minimum atomic E-state index is -6.43. The van der Waals surface area contributed by atoms with Crippen LogP contribution in [0.3, 0.4) is 0 Å². The topological polar surface area (TPSA) is 0 Å². The predicted octanol–water partition coefficient (Wildman–Crippen LogP) is 43.7. The van der Waals surface area contributed by atoms with Crippen molar-refractivity contribution < 1.29 is 329 Å². The molecule has 0 saturated heterocycles. The summed E-state index contributed by atoms with van der Waals surface area (Å²) in [7, 11) is 0. The highest BCUT2D eigenvalue weighted by atomic mass is 19.5. The Morgan fingerprint density at radius 3 is 0.280 bits per heavy atom. The standard InChI is InChI=1S/C6H8F6.C5H3F9.C5H6F6.C5H9F3.C4H4F6.C4H7F3.C4H10.2C3H4F4.2C3H5F3.2C3H7F.2C3H8.4CHF3.7CH2F2/c1-3-4(2,5(7,8)9)6(10,11)12;1-2(3(6,7)8,4(9,10)11)5(12,13)14;1-3(2,4(6,7)8)5(9,10)11;1-4(2,3)5(6,7)8;1-2(3(5,6)7)4(8,9)10;1-3(2)4(5,6)7;1-4(2)3;2*1-2(4)3(5,6)7;2*1-2-3(4,5)6;2*1-3(2)4;2*1-3-2;4*2-1(3)4;7*2-1-3/h3H2,1-2H3;1H3;1-2H3;1-3H3;2H,1H3;3H,1-2H3;4H,1-3H3;2*2H,1H3;2*2H2,1H3;2*3H,1-2H3;2*3H2,1-2H3;4*1H;7*1H2. The maximum atomic E-state index is 11.9. The van der Waals surface area contributed by atoms with Crippen LogP contribution < -0.4 is 0 Å². The number of halogens is 75. The molecule has 0 aromatic carbocycles. The zero-order chi connectivity index (χ0) is 125. The second-order valence-corrected chi connectivity index (χ2v) is 25.3. The summed E-state index contributed by atoms with van der Waals surface area (Å²) in [5.74, 6) is -3.60. The number of hydrogen-bond donors (Lipinski definition) is 0. The van der Waals surface area contributed by atoms with Crippen molar-refractivity contribution >= 4 is 0 Å². The quantitative estimate of drug-likeness (QED) is 0.230. The molecule has 0 aliphatic heterocycles. The SMILES string of the molecule is CC(C(F)(F)F)(C(F)(F)F)C(F)(F)F.CC(C(F)(F)F)C(F)(F)F.CC(C)(C(F)(F)F)C(F)(F)F.CC(C)(C)C(F)(F)F.CC(C)C.CC(C)C(F)(F)F.CC(C)F.CC(C)F.CC(F)C(F)(F)F.CC(F)C(F)(F)F.CCC.CCC.CCC(C)(C(F)(F)F)C(F)(F)F.CCC(F)(F)F.CCC(F)(F)F.FC(F)F.FC(F)F.FC(F)F.FC(F)F.FCF.FCF.FCF.FCF.FCF.FCF.FCF. The Balaban J connectivity index is -0.0000000422. The molecule has 0 aliphatic rings. The summed E-state index contributed by atoms with van der Waals surface area (Å²) in [4.78, 5) is 0. The van der Waals surface area contributed by atoms with Crippen LogP contribution in [0.1, 0.15) is 212 Å². The van der Waals surface area contributed by atoms with Crippen LogP contribution in [0.2, 0.25) is 0 Å². The lowest BCUT2D eigenvalue weighted by molar-refractivity contribution is -0.420. The smallest absolute Gasteiger partial charge is 0.248 e. The zero-order valence-corrected chi connectivity index (χ0v) is 78.7. The first-order chi connectivity index (χ1) is 61.5. The van der Waals surface area contributed by atoms with Gasteiger partial charge < -0.3 is 0 Å². The van der Waals surface area contributed by atoms with Gasteiger partial charge in [-0.05, 0) is 88.5 Å². The van der Waals surface area contributed by atoms with Gasteiger partial charge in [0.1, 0.15) is 5.92 Å². The summed E-state index contributed by atoms with van der Waals surface area (Å²) in [6, 6.07) is 0. The molecule has 910 valence electrons. The first kappa shape index (κ1) is 206. The molecule has 0 spiro atoms. The van der Waals surface area contributed by atoms with Crippen LogP contribution >= 0.6 is 0 Å². The molecule has 0 aliphatic carbocycles. The second kappa shape index (κ2) is 107. The fourth-order valence-electron chi connectivity index (χ4n) is 1.39. The van der Waals surface area contributed by atoms with Crippen molar-refractivity contribution in [1.29, 1.82) is 0 Å². The highest BCUT2D eigenvalue weighted by Gasteiger charge is 2.80. The normalized spacial score (nSPS) is 12.0. The van der Waals surface area contributed by atoms with Crippen LogP contribution in [0.25, 0.3) is 0 Å². The van der Waals surface area contributed by atoms with Gasteiger partial charge in [-0.1, -0.05) is 117 Å². The van der Waals surface area contributed by atoms with E-state index in [1.54, 1.807) is 0 Å². The van der Waals surface area contributed by atoms with Crippen molar-refractivity contribution in [1.82, 2.24) is 0 Å². The van der Waals surface area contributed by atoms with E-state index in [1.807, 2.05) is 0 Å². The molecule has 0 saturated carbocycles. The van der Waals surface area contributed by atoms with E-state index in [4.69, 9.17) is 0 Å². The van der Waals surface area contributed by atoms with Gasteiger partial charge in [0.05, 0.1) is 17.8 Å². The van der Waals surface area contributed by atoms with Crippen molar-refractivity contribution in [3.63, 3.8) is 0 Å². The van der Waals surface area contributed by atoms with Crippen LogP contribution in [0.5, 0.6) is 0 Å². The van der Waals surface area contributed by atoms with E-state index in [0.717, 1.165) is 61.3 Å². The fraction of sp³-hybridized carbons (Fsp3) is 1.00. The molecule has 0 heterocycles. The number of hydrogen-bond acceptors (Lipinski definition) is 0. The van der Waals surface area contributed by atoms with Gasteiger partial charge in [-0.2, -0.15) is 250 Å². The minimum Gasteiger partial charge on any atom is -0.248 e. The molecule has 75 heteroatoms. The molecular weight excluding hydrogens is 2240 g/mol. The van der Waals surface area contributed by atoms with Crippen LogP contribution in [0, 0.1) is 39.4 Å². The molecule has 0 fully saturated rings.